The fourth-order valence-corrected chi connectivity index (χ4v) is 3.27. The zero-order valence-electron chi connectivity index (χ0n) is 9.74. The lowest BCUT2D eigenvalue weighted by Gasteiger charge is -2.58. The molecule has 0 aliphatic carbocycles. The zero-order valence-corrected chi connectivity index (χ0v) is 9.74. The minimum atomic E-state index is 0.496. The van der Waals surface area contributed by atoms with Crippen molar-refractivity contribution in [3.63, 3.8) is 0 Å². The van der Waals surface area contributed by atoms with Crippen molar-refractivity contribution in [2.24, 2.45) is 5.92 Å². The maximum Gasteiger partial charge on any atom is 0.0690 e. The summed E-state index contributed by atoms with van der Waals surface area (Å²) in [6.07, 6.45) is 4.19. The van der Waals surface area contributed by atoms with Gasteiger partial charge in [-0.15, -0.1) is 0 Å². The molecule has 3 aliphatic heterocycles. The summed E-state index contributed by atoms with van der Waals surface area (Å²) in [5.41, 5.74) is 0.496. The molecule has 0 amide bonds. The molecule has 3 nitrogen and oxygen atoms in total. The van der Waals surface area contributed by atoms with Gasteiger partial charge in [-0.3, -0.25) is 4.90 Å². The second-order valence-electron chi connectivity index (χ2n) is 5.68. The van der Waals surface area contributed by atoms with Gasteiger partial charge in [0.25, 0.3) is 0 Å². The molecular weight excluding hydrogens is 188 g/mol. The van der Waals surface area contributed by atoms with Crippen LogP contribution >= 0.6 is 0 Å². The lowest BCUT2D eigenvalue weighted by molar-refractivity contribution is -0.196. The van der Waals surface area contributed by atoms with Crippen LogP contribution in [0, 0.1) is 5.92 Å². The molecule has 0 aromatic carbocycles. The molecule has 3 aliphatic rings. The highest BCUT2D eigenvalue weighted by molar-refractivity contribution is 5.05. The van der Waals surface area contributed by atoms with Gasteiger partial charge < -0.3 is 9.64 Å². The molecule has 3 fully saturated rings. The van der Waals surface area contributed by atoms with Crippen molar-refractivity contribution < 1.29 is 4.74 Å². The summed E-state index contributed by atoms with van der Waals surface area (Å²) < 4.78 is 5.37. The Kier molecular flexibility index (Phi) is 2.49. The fourth-order valence-electron chi connectivity index (χ4n) is 3.27. The predicted octanol–water partition coefficient (Wildman–Crippen LogP) is 0.803. The Morgan fingerprint density at radius 1 is 1.33 bits per heavy atom. The van der Waals surface area contributed by atoms with E-state index in [-0.39, 0.29) is 0 Å². The summed E-state index contributed by atoms with van der Waals surface area (Å²) in [4.78, 5) is 5.16. The van der Waals surface area contributed by atoms with Crippen molar-refractivity contribution in [2.75, 3.05) is 46.4 Å². The Morgan fingerprint density at radius 2 is 2.20 bits per heavy atom. The van der Waals surface area contributed by atoms with Crippen LogP contribution < -0.4 is 0 Å². The molecule has 3 heterocycles. The predicted molar refractivity (Wildman–Crippen MR) is 60.0 cm³/mol. The summed E-state index contributed by atoms with van der Waals surface area (Å²) in [6.45, 7) is 7.21. The van der Waals surface area contributed by atoms with Crippen LogP contribution in [-0.2, 0) is 4.74 Å². The van der Waals surface area contributed by atoms with E-state index in [1.54, 1.807) is 0 Å². The molecule has 86 valence electrons. The largest absolute Gasteiger partial charge is 0.377 e. The topological polar surface area (TPSA) is 15.7 Å². The average Bonchev–Trinajstić information content (AvgIpc) is 2.10. The monoisotopic (exact) mass is 210 g/mol. The van der Waals surface area contributed by atoms with E-state index < -0.39 is 0 Å². The smallest absolute Gasteiger partial charge is 0.0690 e. The van der Waals surface area contributed by atoms with Gasteiger partial charge in [0.15, 0.2) is 0 Å². The summed E-state index contributed by atoms with van der Waals surface area (Å²) in [7, 11) is 2.25. The Hall–Kier alpha value is -0.120. The second-order valence-corrected chi connectivity index (χ2v) is 5.68. The SMILES string of the molecule is CN1CCCC(CN2CCC23COC3)C1. The standard InChI is InChI=1S/C12H22N2O/c1-13-5-2-3-11(7-13)8-14-6-4-12(14)9-15-10-12/h11H,2-10H2,1H3. The van der Waals surface area contributed by atoms with E-state index in [4.69, 9.17) is 4.74 Å². The molecule has 0 aromatic rings. The molecular formula is C12H22N2O. The lowest BCUT2D eigenvalue weighted by atomic mass is 9.81. The summed E-state index contributed by atoms with van der Waals surface area (Å²) in [5, 5.41) is 0. The van der Waals surface area contributed by atoms with Crippen LogP contribution in [0.2, 0.25) is 0 Å². The van der Waals surface area contributed by atoms with Crippen molar-refractivity contribution in [2.45, 2.75) is 24.8 Å². The molecule has 0 bridgehead atoms. The van der Waals surface area contributed by atoms with Gasteiger partial charge in [-0.1, -0.05) is 0 Å². The minimum absolute atomic E-state index is 0.496. The van der Waals surface area contributed by atoms with E-state index in [9.17, 15) is 0 Å². The van der Waals surface area contributed by atoms with Crippen molar-refractivity contribution >= 4 is 0 Å². The third-order valence-corrected chi connectivity index (χ3v) is 4.46. The van der Waals surface area contributed by atoms with Gasteiger partial charge >= 0.3 is 0 Å². The van der Waals surface area contributed by atoms with E-state index in [0.717, 1.165) is 19.1 Å². The van der Waals surface area contributed by atoms with Crippen molar-refractivity contribution in [1.82, 2.24) is 9.80 Å². The minimum Gasteiger partial charge on any atom is -0.377 e. The summed E-state index contributed by atoms with van der Waals surface area (Å²) in [5.74, 6) is 0.904. The van der Waals surface area contributed by atoms with E-state index in [2.05, 4.69) is 16.8 Å². The summed E-state index contributed by atoms with van der Waals surface area (Å²) >= 11 is 0. The molecule has 3 rings (SSSR count). The number of piperidine rings is 1. The highest BCUT2D eigenvalue weighted by Crippen LogP contribution is 2.38. The lowest BCUT2D eigenvalue weighted by Crippen LogP contribution is -2.71. The second kappa shape index (κ2) is 3.72. The molecule has 1 spiro atoms. The normalized spacial score (nSPS) is 36.2. The quantitative estimate of drug-likeness (QED) is 0.670. The Labute approximate surface area is 92.4 Å². The molecule has 0 N–H and O–H groups in total. The van der Waals surface area contributed by atoms with Crippen LogP contribution in [0.4, 0.5) is 0 Å². The van der Waals surface area contributed by atoms with Crippen LogP contribution in [0.15, 0.2) is 0 Å². The molecule has 1 unspecified atom stereocenters. The van der Waals surface area contributed by atoms with Crippen molar-refractivity contribution in [3.05, 3.63) is 0 Å². The van der Waals surface area contributed by atoms with Gasteiger partial charge in [0.2, 0.25) is 0 Å². The van der Waals surface area contributed by atoms with E-state index in [1.807, 2.05) is 0 Å². The summed E-state index contributed by atoms with van der Waals surface area (Å²) in [6, 6.07) is 0. The number of hydrogen-bond acceptors (Lipinski definition) is 3. The van der Waals surface area contributed by atoms with E-state index in [0.29, 0.717) is 5.54 Å². The Balaban J connectivity index is 1.52. The first-order valence-electron chi connectivity index (χ1n) is 6.30. The van der Waals surface area contributed by atoms with Crippen LogP contribution in [0.25, 0.3) is 0 Å². The molecule has 3 saturated heterocycles. The van der Waals surface area contributed by atoms with Gasteiger partial charge in [-0.05, 0) is 38.8 Å². The van der Waals surface area contributed by atoms with Gasteiger partial charge in [0.05, 0.1) is 18.8 Å². The van der Waals surface area contributed by atoms with Gasteiger partial charge in [-0.25, -0.2) is 0 Å². The molecule has 1 atom stereocenters. The number of ether oxygens (including phenoxy) is 1. The van der Waals surface area contributed by atoms with Crippen molar-refractivity contribution in [3.8, 4) is 0 Å². The van der Waals surface area contributed by atoms with Crippen LogP contribution in [0.1, 0.15) is 19.3 Å². The van der Waals surface area contributed by atoms with Crippen LogP contribution in [0.3, 0.4) is 0 Å². The zero-order chi connectivity index (χ0) is 10.3. The van der Waals surface area contributed by atoms with Crippen molar-refractivity contribution in [1.29, 1.82) is 0 Å². The fraction of sp³-hybridized carbons (Fsp3) is 1.00. The van der Waals surface area contributed by atoms with Crippen LogP contribution in [-0.4, -0.2) is 61.8 Å². The molecule has 0 saturated carbocycles. The Morgan fingerprint density at radius 3 is 2.73 bits per heavy atom. The van der Waals surface area contributed by atoms with Crippen LogP contribution in [0.5, 0.6) is 0 Å². The van der Waals surface area contributed by atoms with E-state index in [1.165, 1.54) is 45.4 Å². The van der Waals surface area contributed by atoms with E-state index >= 15 is 0 Å². The molecule has 0 aromatic heterocycles. The Bertz CT molecular complexity index is 234. The first kappa shape index (κ1) is 10.1. The van der Waals surface area contributed by atoms with Gasteiger partial charge in [0.1, 0.15) is 0 Å². The number of likely N-dealkylation sites (tertiary alicyclic amines) is 2. The maximum atomic E-state index is 5.37. The first-order chi connectivity index (χ1) is 7.28. The molecule has 3 heteroatoms. The molecule has 15 heavy (non-hydrogen) atoms. The third kappa shape index (κ3) is 1.71. The van der Waals surface area contributed by atoms with Gasteiger partial charge in [-0.2, -0.15) is 0 Å². The highest BCUT2D eigenvalue weighted by Gasteiger charge is 2.50. The first-order valence-corrected chi connectivity index (χ1v) is 6.30. The van der Waals surface area contributed by atoms with Gasteiger partial charge in [0, 0.05) is 19.6 Å². The maximum absolute atomic E-state index is 5.37. The number of nitrogens with zero attached hydrogens (tertiary/aromatic N) is 2. The number of rotatable bonds is 2. The third-order valence-electron chi connectivity index (χ3n) is 4.46. The molecule has 0 radical (unpaired) electrons. The average molecular weight is 210 g/mol. The number of hydrogen-bond donors (Lipinski definition) is 0. The highest BCUT2D eigenvalue weighted by atomic mass is 16.5.